The number of halogens is 4. The van der Waals surface area contributed by atoms with Crippen LogP contribution < -0.4 is 10.3 Å². The van der Waals surface area contributed by atoms with Crippen molar-refractivity contribution in [3.8, 4) is 5.88 Å². The summed E-state index contributed by atoms with van der Waals surface area (Å²) in [7, 11) is 0. The first-order chi connectivity index (χ1) is 7.74. The molecule has 2 N–H and O–H groups in total. The van der Waals surface area contributed by atoms with Crippen LogP contribution in [0.25, 0.3) is 0 Å². The van der Waals surface area contributed by atoms with Gasteiger partial charge >= 0.3 is 12.3 Å². The van der Waals surface area contributed by atoms with Crippen LogP contribution in [0.15, 0.2) is 10.9 Å². The van der Waals surface area contributed by atoms with Gasteiger partial charge in [0, 0.05) is 11.6 Å². The second-order valence-electron chi connectivity index (χ2n) is 2.85. The van der Waals surface area contributed by atoms with Crippen molar-refractivity contribution in [2.24, 2.45) is 0 Å². The summed E-state index contributed by atoms with van der Waals surface area (Å²) in [6.45, 7) is -1.40. The van der Waals surface area contributed by atoms with Gasteiger partial charge < -0.3 is 9.84 Å². The van der Waals surface area contributed by atoms with Gasteiger partial charge in [-0.3, -0.25) is 9.78 Å². The van der Waals surface area contributed by atoms with Gasteiger partial charge in [-0.05, 0) is 0 Å². The summed E-state index contributed by atoms with van der Waals surface area (Å²) in [6.07, 6.45) is -5.19. The Balaban J connectivity index is 3.41. The molecule has 0 aliphatic carbocycles. The summed E-state index contributed by atoms with van der Waals surface area (Å²) in [5, 5.41) is 8.63. The molecule has 1 aromatic rings. The van der Waals surface area contributed by atoms with Crippen molar-refractivity contribution >= 4 is 5.97 Å². The monoisotopic (exact) mass is 255 g/mol. The zero-order valence-electron chi connectivity index (χ0n) is 7.97. The van der Waals surface area contributed by atoms with E-state index in [2.05, 4.69) is 4.74 Å². The fraction of sp³-hybridized carbons (Fsp3) is 0.250. The smallest absolute Gasteiger partial charge is 0.477 e. The Hall–Kier alpha value is -2.06. The molecule has 17 heavy (non-hydrogen) atoms. The van der Waals surface area contributed by atoms with E-state index in [0.29, 0.717) is 6.07 Å². The molecule has 0 atom stereocenters. The largest absolute Gasteiger partial charge is 0.574 e. The van der Waals surface area contributed by atoms with Crippen LogP contribution in [-0.4, -0.2) is 22.4 Å². The highest BCUT2D eigenvalue weighted by Gasteiger charge is 2.34. The first kappa shape index (κ1) is 13.0. The number of aromatic nitrogens is 1. The van der Waals surface area contributed by atoms with Crippen LogP contribution in [0.4, 0.5) is 17.6 Å². The number of carbonyl (C=O) groups is 1. The Morgan fingerprint density at radius 2 is 2.06 bits per heavy atom. The molecule has 1 heterocycles. The second kappa shape index (κ2) is 4.44. The molecule has 0 spiro atoms. The fourth-order valence-electron chi connectivity index (χ4n) is 1.12. The van der Waals surface area contributed by atoms with E-state index in [4.69, 9.17) is 5.11 Å². The third-order valence-electron chi connectivity index (χ3n) is 1.67. The van der Waals surface area contributed by atoms with Gasteiger partial charge in [-0.25, -0.2) is 9.18 Å². The van der Waals surface area contributed by atoms with Crippen molar-refractivity contribution < 1.29 is 32.2 Å². The Morgan fingerprint density at radius 1 is 1.47 bits per heavy atom. The fourth-order valence-corrected chi connectivity index (χ4v) is 1.12. The van der Waals surface area contributed by atoms with Crippen molar-refractivity contribution in [1.29, 1.82) is 0 Å². The third-order valence-corrected chi connectivity index (χ3v) is 1.67. The maximum Gasteiger partial charge on any atom is 0.574 e. The predicted molar refractivity (Wildman–Crippen MR) is 45.5 cm³/mol. The van der Waals surface area contributed by atoms with E-state index in [1.807, 2.05) is 0 Å². The van der Waals surface area contributed by atoms with Crippen LogP contribution in [0.5, 0.6) is 5.88 Å². The first-order valence-electron chi connectivity index (χ1n) is 4.06. The summed E-state index contributed by atoms with van der Waals surface area (Å²) >= 11 is 0. The van der Waals surface area contributed by atoms with Gasteiger partial charge in [0.05, 0.1) is 0 Å². The Labute approximate surface area is 90.6 Å². The summed E-state index contributed by atoms with van der Waals surface area (Å²) in [5.74, 6) is -3.18. The topological polar surface area (TPSA) is 79.4 Å². The lowest BCUT2D eigenvalue weighted by atomic mass is 10.1. The summed E-state index contributed by atoms with van der Waals surface area (Å²) < 4.78 is 51.5. The van der Waals surface area contributed by atoms with Crippen LogP contribution in [0, 0.1) is 0 Å². The van der Waals surface area contributed by atoms with E-state index in [0.717, 1.165) is 0 Å². The molecular formula is C8H5F4NO4. The molecule has 94 valence electrons. The number of nitrogens with one attached hydrogen (secondary N) is 1. The number of alkyl halides is 4. The van der Waals surface area contributed by atoms with E-state index in [9.17, 15) is 27.2 Å². The average molecular weight is 255 g/mol. The van der Waals surface area contributed by atoms with Gasteiger partial charge in [0.15, 0.2) is 0 Å². The number of carboxylic acid groups (broad SMARTS) is 1. The molecule has 0 aromatic carbocycles. The zero-order valence-corrected chi connectivity index (χ0v) is 7.97. The first-order valence-corrected chi connectivity index (χ1v) is 4.06. The van der Waals surface area contributed by atoms with Crippen molar-refractivity contribution in [3.63, 3.8) is 0 Å². The molecular weight excluding hydrogens is 250 g/mol. The number of hydrogen-bond acceptors (Lipinski definition) is 3. The number of carboxylic acids is 1. The Kier molecular flexibility index (Phi) is 3.39. The van der Waals surface area contributed by atoms with E-state index < -0.39 is 41.6 Å². The summed E-state index contributed by atoms with van der Waals surface area (Å²) in [6, 6.07) is 0.548. The average Bonchev–Trinajstić information content (AvgIpc) is 2.12. The Bertz CT molecular complexity index is 493. The van der Waals surface area contributed by atoms with E-state index in [-0.39, 0.29) is 0 Å². The quantitative estimate of drug-likeness (QED) is 0.801. The lowest BCUT2D eigenvalue weighted by molar-refractivity contribution is -0.276. The molecule has 0 amide bonds. The highest BCUT2D eigenvalue weighted by atomic mass is 19.4. The third kappa shape index (κ3) is 3.20. The summed E-state index contributed by atoms with van der Waals surface area (Å²) in [4.78, 5) is 23.1. The van der Waals surface area contributed by atoms with Gasteiger partial charge in [-0.2, -0.15) is 0 Å². The standard InChI is InChI=1S/C8H5F4NO4/c9-2-3-1-4(14)13-6(5(3)7(15)16)17-8(10,11)12/h1H,2H2,(H,13,14)(H,15,16). The molecule has 1 rings (SSSR count). The molecule has 0 saturated heterocycles. The van der Waals surface area contributed by atoms with E-state index >= 15 is 0 Å². The van der Waals surface area contributed by atoms with Crippen LogP contribution in [0.2, 0.25) is 0 Å². The number of aromatic amines is 1. The van der Waals surface area contributed by atoms with Crippen LogP contribution in [0.1, 0.15) is 15.9 Å². The number of pyridine rings is 1. The maximum atomic E-state index is 12.4. The molecule has 5 nitrogen and oxygen atoms in total. The lowest BCUT2D eigenvalue weighted by Crippen LogP contribution is -2.23. The molecule has 0 aliphatic rings. The molecule has 0 fully saturated rings. The number of rotatable bonds is 3. The highest BCUT2D eigenvalue weighted by Crippen LogP contribution is 2.25. The minimum Gasteiger partial charge on any atom is -0.477 e. The molecule has 0 aliphatic heterocycles. The molecule has 0 radical (unpaired) electrons. The summed E-state index contributed by atoms with van der Waals surface area (Å²) in [5.41, 5.74) is -2.85. The SMILES string of the molecule is O=C(O)c1c(CF)cc(=O)[nH]c1OC(F)(F)F. The molecule has 1 aromatic heterocycles. The number of ether oxygens (including phenoxy) is 1. The van der Waals surface area contributed by atoms with Crippen LogP contribution >= 0.6 is 0 Å². The highest BCUT2D eigenvalue weighted by molar-refractivity contribution is 5.91. The normalized spacial score (nSPS) is 11.3. The molecule has 0 saturated carbocycles. The Morgan fingerprint density at radius 3 is 2.47 bits per heavy atom. The van der Waals surface area contributed by atoms with Gasteiger partial charge in [0.2, 0.25) is 5.88 Å². The van der Waals surface area contributed by atoms with Gasteiger partial charge in [-0.15, -0.1) is 13.2 Å². The number of H-pyrrole nitrogens is 1. The van der Waals surface area contributed by atoms with Crippen molar-refractivity contribution in [3.05, 3.63) is 27.5 Å². The molecule has 0 bridgehead atoms. The minimum absolute atomic E-state index is 0.548. The van der Waals surface area contributed by atoms with E-state index in [1.165, 1.54) is 0 Å². The molecule has 0 unspecified atom stereocenters. The van der Waals surface area contributed by atoms with Crippen molar-refractivity contribution in [1.82, 2.24) is 4.98 Å². The van der Waals surface area contributed by atoms with Crippen molar-refractivity contribution in [2.45, 2.75) is 13.0 Å². The van der Waals surface area contributed by atoms with E-state index in [1.54, 1.807) is 4.98 Å². The second-order valence-corrected chi connectivity index (χ2v) is 2.85. The van der Waals surface area contributed by atoms with Gasteiger partial charge in [0.25, 0.3) is 5.56 Å². The van der Waals surface area contributed by atoms with Crippen LogP contribution in [-0.2, 0) is 6.67 Å². The minimum atomic E-state index is -5.19. The number of aromatic carboxylic acids is 1. The molecule has 9 heteroatoms. The maximum absolute atomic E-state index is 12.4. The predicted octanol–water partition coefficient (Wildman–Crippen LogP) is 1.44. The number of hydrogen-bond donors (Lipinski definition) is 2. The van der Waals surface area contributed by atoms with Crippen LogP contribution in [0.3, 0.4) is 0 Å². The van der Waals surface area contributed by atoms with Gasteiger partial charge in [-0.1, -0.05) is 0 Å². The van der Waals surface area contributed by atoms with Gasteiger partial charge in [0.1, 0.15) is 12.2 Å². The lowest BCUT2D eigenvalue weighted by Gasteiger charge is -2.12. The zero-order chi connectivity index (χ0) is 13.2. The van der Waals surface area contributed by atoms with Crippen molar-refractivity contribution in [2.75, 3.05) is 0 Å².